The van der Waals surface area contributed by atoms with Gasteiger partial charge in [0.15, 0.2) is 4.90 Å². The van der Waals surface area contributed by atoms with E-state index in [2.05, 4.69) is 10.0 Å². The van der Waals surface area contributed by atoms with Crippen molar-refractivity contribution < 1.29 is 13.3 Å². The SMILES string of the molecule is CNc1ccc([N+](=O)[O-])c(S(=O)(=O)NCCCSC)c1. The van der Waals surface area contributed by atoms with Gasteiger partial charge in [0.1, 0.15) is 0 Å². The monoisotopic (exact) mass is 319 g/mol. The number of benzene rings is 1. The van der Waals surface area contributed by atoms with Crippen molar-refractivity contribution in [1.82, 2.24) is 4.72 Å². The number of thioether (sulfide) groups is 1. The van der Waals surface area contributed by atoms with Crippen molar-refractivity contribution in [3.63, 3.8) is 0 Å². The Kier molecular flexibility index (Phi) is 6.24. The maximum atomic E-state index is 12.1. The normalized spacial score (nSPS) is 11.3. The lowest BCUT2D eigenvalue weighted by atomic mass is 10.3. The third-order valence-electron chi connectivity index (χ3n) is 2.55. The molecule has 9 heteroatoms. The van der Waals surface area contributed by atoms with Gasteiger partial charge in [-0.25, -0.2) is 13.1 Å². The molecule has 0 aliphatic heterocycles. The first-order valence-corrected chi connectivity index (χ1v) is 8.75. The van der Waals surface area contributed by atoms with Crippen LogP contribution in [0.5, 0.6) is 0 Å². The molecule has 0 atom stereocenters. The van der Waals surface area contributed by atoms with Gasteiger partial charge in [-0.05, 0) is 30.6 Å². The van der Waals surface area contributed by atoms with Gasteiger partial charge in [-0.1, -0.05) is 0 Å². The van der Waals surface area contributed by atoms with Crippen LogP contribution in [0.25, 0.3) is 0 Å². The van der Waals surface area contributed by atoms with Crippen LogP contribution in [0.4, 0.5) is 11.4 Å². The van der Waals surface area contributed by atoms with E-state index in [1.807, 2.05) is 6.26 Å². The van der Waals surface area contributed by atoms with Crippen LogP contribution in [-0.4, -0.2) is 38.9 Å². The van der Waals surface area contributed by atoms with Gasteiger partial charge in [-0.2, -0.15) is 11.8 Å². The van der Waals surface area contributed by atoms with E-state index in [9.17, 15) is 18.5 Å². The predicted octanol–water partition coefficient (Wildman–Crippen LogP) is 1.67. The summed E-state index contributed by atoms with van der Waals surface area (Å²) in [5.74, 6) is 0.821. The van der Waals surface area contributed by atoms with E-state index in [1.54, 1.807) is 18.8 Å². The lowest BCUT2D eigenvalue weighted by Gasteiger charge is -2.08. The zero-order valence-electron chi connectivity index (χ0n) is 11.3. The Balaban J connectivity index is 3.05. The van der Waals surface area contributed by atoms with Gasteiger partial charge in [0.05, 0.1) is 4.92 Å². The summed E-state index contributed by atoms with van der Waals surface area (Å²) >= 11 is 1.61. The van der Waals surface area contributed by atoms with E-state index >= 15 is 0 Å². The molecule has 0 aromatic heterocycles. The third kappa shape index (κ3) is 4.36. The van der Waals surface area contributed by atoms with E-state index in [0.717, 1.165) is 5.75 Å². The number of hydrogen-bond donors (Lipinski definition) is 2. The number of rotatable bonds is 8. The number of nitro benzene ring substituents is 1. The highest BCUT2D eigenvalue weighted by molar-refractivity contribution is 7.98. The molecule has 1 aromatic carbocycles. The zero-order valence-corrected chi connectivity index (χ0v) is 12.9. The summed E-state index contributed by atoms with van der Waals surface area (Å²) in [5.41, 5.74) is 0.0708. The average Bonchev–Trinajstić information content (AvgIpc) is 2.42. The minimum atomic E-state index is -3.89. The molecule has 0 spiro atoms. The highest BCUT2D eigenvalue weighted by Gasteiger charge is 2.25. The molecule has 1 aromatic rings. The molecule has 0 aliphatic carbocycles. The zero-order chi connectivity index (χ0) is 15.2. The van der Waals surface area contributed by atoms with Gasteiger partial charge in [-0.15, -0.1) is 0 Å². The number of hydrogen-bond acceptors (Lipinski definition) is 6. The summed E-state index contributed by atoms with van der Waals surface area (Å²) < 4.78 is 26.7. The maximum Gasteiger partial charge on any atom is 0.289 e. The van der Waals surface area contributed by atoms with Crippen molar-refractivity contribution in [2.24, 2.45) is 0 Å². The molecule has 2 N–H and O–H groups in total. The summed E-state index contributed by atoms with van der Waals surface area (Å²) in [4.78, 5) is 9.91. The largest absolute Gasteiger partial charge is 0.388 e. The highest BCUT2D eigenvalue weighted by atomic mass is 32.2. The fourth-order valence-corrected chi connectivity index (χ4v) is 3.24. The maximum absolute atomic E-state index is 12.1. The quantitative estimate of drug-likeness (QED) is 0.429. The first-order valence-electron chi connectivity index (χ1n) is 5.87. The van der Waals surface area contributed by atoms with E-state index in [4.69, 9.17) is 0 Å². The Bertz CT molecular complexity index is 575. The van der Waals surface area contributed by atoms with E-state index in [-0.39, 0.29) is 11.4 Å². The Morgan fingerprint density at radius 3 is 2.65 bits per heavy atom. The van der Waals surface area contributed by atoms with Gasteiger partial charge < -0.3 is 5.32 Å². The van der Waals surface area contributed by atoms with Gasteiger partial charge in [0.25, 0.3) is 5.69 Å². The van der Waals surface area contributed by atoms with Crippen LogP contribution in [0, 0.1) is 10.1 Å². The van der Waals surface area contributed by atoms with Crippen LogP contribution in [-0.2, 0) is 10.0 Å². The molecule has 112 valence electrons. The van der Waals surface area contributed by atoms with Crippen molar-refractivity contribution in [3.8, 4) is 0 Å². The van der Waals surface area contributed by atoms with Gasteiger partial charge in [0.2, 0.25) is 10.0 Å². The molecule has 0 aliphatic rings. The summed E-state index contributed by atoms with van der Waals surface area (Å²) in [6.07, 6.45) is 2.59. The minimum absolute atomic E-state index is 0.254. The van der Waals surface area contributed by atoms with Crippen LogP contribution in [0.3, 0.4) is 0 Å². The molecular formula is C11H17N3O4S2. The number of nitrogens with one attached hydrogen (secondary N) is 2. The Morgan fingerprint density at radius 1 is 1.40 bits per heavy atom. The molecular weight excluding hydrogens is 302 g/mol. The molecule has 0 saturated carbocycles. The van der Waals surface area contributed by atoms with Gasteiger partial charge in [-0.3, -0.25) is 10.1 Å². The lowest BCUT2D eigenvalue weighted by molar-refractivity contribution is -0.387. The van der Waals surface area contributed by atoms with Crippen molar-refractivity contribution in [2.45, 2.75) is 11.3 Å². The molecule has 0 saturated heterocycles. The Labute approximate surface area is 122 Å². The van der Waals surface area contributed by atoms with Gasteiger partial charge in [0, 0.05) is 25.3 Å². The van der Waals surface area contributed by atoms with Crippen LogP contribution < -0.4 is 10.0 Å². The smallest absolute Gasteiger partial charge is 0.289 e. The fraction of sp³-hybridized carbons (Fsp3) is 0.455. The standard InChI is InChI=1S/C11H17N3O4S2/c1-12-9-4-5-10(14(15)16)11(8-9)20(17,18)13-6-3-7-19-2/h4-5,8,12-13H,3,6-7H2,1-2H3. The topological polar surface area (TPSA) is 101 Å². The summed E-state index contributed by atoms with van der Waals surface area (Å²) in [5, 5.41) is 13.7. The second-order valence-electron chi connectivity index (χ2n) is 3.93. The summed E-state index contributed by atoms with van der Waals surface area (Å²) in [6, 6.07) is 3.90. The van der Waals surface area contributed by atoms with Crippen LogP contribution in [0.15, 0.2) is 23.1 Å². The van der Waals surface area contributed by atoms with Crippen LogP contribution in [0.2, 0.25) is 0 Å². The first kappa shape index (κ1) is 16.7. The molecule has 20 heavy (non-hydrogen) atoms. The average molecular weight is 319 g/mol. The number of nitro groups is 1. The van der Waals surface area contributed by atoms with Crippen molar-refractivity contribution in [3.05, 3.63) is 28.3 Å². The number of anilines is 1. The molecule has 0 heterocycles. The molecule has 1 rings (SSSR count). The molecule has 7 nitrogen and oxygen atoms in total. The minimum Gasteiger partial charge on any atom is -0.388 e. The van der Waals surface area contributed by atoms with Crippen LogP contribution in [0.1, 0.15) is 6.42 Å². The predicted molar refractivity (Wildman–Crippen MR) is 80.8 cm³/mol. The highest BCUT2D eigenvalue weighted by Crippen LogP contribution is 2.26. The lowest BCUT2D eigenvalue weighted by Crippen LogP contribution is -2.26. The van der Waals surface area contributed by atoms with Gasteiger partial charge >= 0.3 is 0 Å². The fourth-order valence-electron chi connectivity index (χ4n) is 1.54. The summed E-state index contributed by atoms with van der Waals surface area (Å²) in [7, 11) is -2.28. The Morgan fingerprint density at radius 2 is 2.10 bits per heavy atom. The third-order valence-corrected chi connectivity index (χ3v) is 4.74. The molecule has 0 amide bonds. The first-order chi connectivity index (χ1) is 9.42. The van der Waals surface area contributed by atoms with Crippen molar-refractivity contribution in [1.29, 1.82) is 0 Å². The second-order valence-corrected chi connectivity index (χ2v) is 6.65. The van der Waals surface area contributed by atoms with Crippen molar-refractivity contribution >= 4 is 33.2 Å². The van der Waals surface area contributed by atoms with E-state index in [0.29, 0.717) is 12.1 Å². The molecule has 0 radical (unpaired) electrons. The molecule has 0 bridgehead atoms. The second kappa shape index (κ2) is 7.46. The van der Waals surface area contributed by atoms with E-state index in [1.165, 1.54) is 18.2 Å². The number of sulfonamides is 1. The molecule has 0 fully saturated rings. The van der Waals surface area contributed by atoms with Crippen LogP contribution >= 0.6 is 11.8 Å². The summed E-state index contributed by atoms with van der Waals surface area (Å²) in [6.45, 7) is 0.254. The molecule has 0 unspecified atom stereocenters. The number of nitrogens with zero attached hydrogens (tertiary/aromatic N) is 1. The van der Waals surface area contributed by atoms with Crippen molar-refractivity contribution in [2.75, 3.05) is 30.9 Å². The Hall–Kier alpha value is -1.32. The van der Waals surface area contributed by atoms with E-state index < -0.39 is 20.6 Å².